The number of nitrogens with one attached hydrogen (secondary N) is 1. The summed E-state index contributed by atoms with van der Waals surface area (Å²) in [7, 11) is 0. The summed E-state index contributed by atoms with van der Waals surface area (Å²) in [6.45, 7) is 1.96. The van der Waals surface area contributed by atoms with Gasteiger partial charge in [0, 0.05) is 11.8 Å². The lowest BCUT2D eigenvalue weighted by atomic mass is 10.1. The molecular formula is C13H13ClN2O. The molecule has 88 valence electrons. The molecule has 1 N–H and O–H groups in total. The van der Waals surface area contributed by atoms with Crippen LogP contribution in [0.3, 0.4) is 0 Å². The summed E-state index contributed by atoms with van der Waals surface area (Å²) in [6.07, 6.45) is 1.64. The van der Waals surface area contributed by atoms with Gasteiger partial charge in [-0.25, -0.2) is 4.98 Å². The quantitative estimate of drug-likeness (QED) is 0.888. The second kappa shape index (κ2) is 6.01. The number of hydrogen-bond acceptors (Lipinski definition) is 2. The Morgan fingerprint density at radius 3 is 2.65 bits per heavy atom. The number of anilines is 1. The zero-order valence-corrected chi connectivity index (χ0v) is 10.2. The Kier molecular flexibility index (Phi) is 4.67. The fourth-order valence-electron chi connectivity index (χ4n) is 1.41. The van der Waals surface area contributed by atoms with Crippen molar-refractivity contribution in [1.29, 1.82) is 0 Å². The second-order valence-electron chi connectivity index (χ2n) is 3.54. The van der Waals surface area contributed by atoms with Crippen LogP contribution in [-0.4, -0.2) is 10.9 Å². The smallest absolute Gasteiger partial charge is 0.256 e. The van der Waals surface area contributed by atoms with Crippen molar-refractivity contribution in [2.24, 2.45) is 0 Å². The summed E-state index contributed by atoms with van der Waals surface area (Å²) in [5.74, 6) is 0.427. The highest BCUT2D eigenvalue weighted by Crippen LogP contribution is 2.07. The molecule has 2 aromatic rings. The van der Waals surface area contributed by atoms with E-state index in [-0.39, 0.29) is 18.3 Å². The van der Waals surface area contributed by atoms with E-state index >= 15 is 0 Å². The molecule has 3 nitrogen and oxygen atoms in total. The van der Waals surface area contributed by atoms with Crippen molar-refractivity contribution in [3.8, 4) is 0 Å². The molecule has 0 saturated heterocycles. The summed E-state index contributed by atoms with van der Waals surface area (Å²) in [5.41, 5.74) is 1.71. The summed E-state index contributed by atoms with van der Waals surface area (Å²) in [6, 6.07) is 12.8. The van der Waals surface area contributed by atoms with Crippen LogP contribution in [0.15, 0.2) is 48.7 Å². The number of carbonyl (C=O) groups is 1. The maximum absolute atomic E-state index is 11.8. The molecule has 0 fully saturated rings. The number of rotatable bonds is 2. The highest BCUT2D eigenvalue weighted by atomic mass is 35.5. The number of pyridine rings is 1. The number of amides is 1. The third-order valence-electron chi connectivity index (χ3n) is 2.19. The van der Waals surface area contributed by atoms with Gasteiger partial charge in [0.2, 0.25) is 0 Å². The predicted octanol–water partition coefficient (Wildman–Crippen LogP) is 3.06. The van der Waals surface area contributed by atoms with E-state index < -0.39 is 0 Å². The van der Waals surface area contributed by atoms with Crippen LogP contribution in [0.4, 0.5) is 5.82 Å². The number of halogens is 1. The van der Waals surface area contributed by atoms with Gasteiger partial charge in [0.15, 0.2) is 0 Å². The zero-order valence-electron chi connectivity index (χ0n) is 9.38. The average molecular weight is 249 g/mol. The summed E-state index contributed by atoms with van der Waals surface area (Å²) < 4.78 is 0. The van der Waals surface area contributed by atoms with Gasteiger partial charge >= 0.3 is 0 Å². The molecule has 1 aromatic heterocycles. The fourth-order valence-corrected chi connectivity index (χ4v) is 1.41. The molecule has 0 unspecified atom stereocenters. The number of aryl methyl sites for hydroxylation is 1. The second-order valence-corrected chi connectivity index (χ2v) is 3.54. The molecule has 4 heteroatoms. The Hall–Kier alpha value is -1.87. The normalized spacial score (nSPS) is 9.24. The minimum absolute atomic E-state index is 0. The van der Waals surface area contributed by atoms with E-state index in [1.54, 1.807) is 18.3 Å². The lowest BCUT2D eigenvalue weighted by Crippen LogP contribution is -2.12. The summed E-state index contributed by atoms with van der Waals surface area (Å²) in [4.78, 5) is 15.8. The van der Waals surface area contributed by atoms with Crippen LogP contribution in [0, 0.1) is 6.92 Å². The highest BCUT2D eigenvalue weighted by Gasteiger charge is 2.05. The predicted molar refractivity (Wildman–Crippen MR) is 70.6 cm³/mol. The monoisotopic (exact) mass is 248 g/mol. The van der Waals surface area contributed by atoms with Gasteiger partial charge in [-0.05, 0) is 31.2 Å². The molecule has 0 radical (unpaired) electrons. The average Bonchev–Trinajstić information content (AvgIpc) is 2.30. The number of carbonyl (C=O) groups excluding carboxylic acids is 1. The Morgan fingerprint density at radius 1 is 1.18 bits per heavy atom. The van der Waals surface area contributed by atoms with Gasteiger partial charge in [0.1, 0.15) is 5.82 Å². The number of benzene rings is 1. The summed E-state index contributed by atoms with van der Waals surface area (Å²) >= 11 is 0. The van der Waals surface area contributed by atoms with Crippen LogP contribution in [0.1, 0.15) is 15.9 Å². The number of hydrogen-bond donors (Lipinski definition) is 1. The maximum Gasteiger partial charge on any atom is 0.256 e. The van der Waals surface area contributed by atoms with E-state index in [4.69, 9.17) is 0 Å². The third-order valence-corrected chi connectivity index (χ3v) is 2.19. The van der Waals surface area contributed by atoms with Crippen LogP contribution in [0.25, 0.3) is 0 Å². The van der Waals surface area contributed by atoms with Crippen LogP contribution in [-0.2, 0) is 0 Å². The first kappa shape index (κ1) is 13.2. The lowest BCUT2D eigenvalue weighted by Gasteiger charge is -2.04. The number of nitrogens with zero attached hydrogens (tertiary/aromatic N) is 1. The van der Waals surface area contributed by atoms with Gasteiger partial charge < -0.3 is 5.32 Å². The van der Waals surface area contributed by atoms with Gasteiger partial charge in [-0.1, -0.05) is 23.8 Å². The van der Waals surface area contributed by atoms with E-state index in [2.05, 4.69) is 10.3 Å². The van der Waals surface area contributed by atoms with Crippen molar-refractivity contribution in [1.82, 2.24) is 4.98 Å². The van der Waals surface area contributed by atoms with Crippen LogP contribution in [0.2, 0.25) is 0 Å². The van der Waals surface area contributed by atoms with Crippen molar-refractivity contribution in [3.05, 3.63) is 59.8 Å². The first-order valence-electron chi connectivity index (χ1n) is 5.05. The largest absolute Gasteiger partial charge is 0.307 e. The van der Waals surface area contributed by atoms with Crippen LogP contribution < -0.4 is 5.32 Å². The molecule has 0 aliphatic heterocycles. The Labute approximate surface area is 106 Å². The van der Waals surface area contributed by atoms with E-state index in [9.17, 15) is 4.79 Å². The van der Waals surface area contributed by atoms with Crippen molar-refractivity contribution in [3.63, 3.8) is 0 Å². The molecule has 0 aliphatic rings. The van der Waals surface area contributed by atoms with E-state index in [1.807, 2.05) is 37.3 Å². The molecular weight excluding hydrogens is 236 g/mol. The van der Waals surface area contributed by atoms with Crippen molar-refractivity contribution < 1.29 is 4.79 Å². The molecule has 1 heterocycles. The Balaban J connectivity index is 0.00000144. The molecule has 0 bridgehead atoms. The minimum Gasteiger partial charge on any atom is -0.307 e. The molecule has 1 aromatic carbocycles. The van der Waals surface area contributed by atoms with Gasteiger partial charge in [-0.3, -0.25) is 4.79 Å². The SMILES string of the molecule is Cc1cccc(C(=O)Nc2ccccn2)c1.Cl. The van der Waals surface area contributed by atoms with Crippen molar-refractivity contribution >= 4 is 24.1 Å². The fraction of sp³-hybridized carbons (Fsp3) is 0.0769. The van der Waals surface area contributed by atoms with Gasteiger partial charge in [-0.2, -0.15) is 0 Å². The van der Waals surface area contributed by atoms with Crippen molar-refractivity contribution in [2.75, 3.05) is 5.32 Å². The Bertz CT molecular complexity index is 500. The first-order valence-corrected chi connectivity index (χ1v) is 5.05. The minimum atomic E-state index is -0.137. The molecule has 1 amide bonds. The molecule has 0 atom stereocenters. The molecule has 2 rings (SSSR count). The van der Waals surface area contributed by atoms with Gasteiger partial charge in [-0.15, -0.1) is 12.4 Å². The lowest BCUT2D eigenvalue weighted by molar-refractivity contribution is 0.102. The van der Waals surface area contributed by atoms with Gasteiger partial charge in [0.25, 0.3) is 5.91 Å². The molecule has 17 heavy (non-hydrogen) atoms. The van der Waals surface area contributed by atoms with Gasteiger partial charge in [0.05, 0.1) is 0 Å². The highest BCUT2D eigenvalue weighted by molar-refractivity contribution is 6.03. The van der Waals surface area contributed by atoms with E-state index in [0.717, 1.165) is 5.56 Å². The van der Waals surface area contributed by atoms with E-state index in [0.29, 0.717) is 11.4 Å². The van der Waals surface area contributed by atoms with Crippen molar-refractivity contribution in [2.45, 2.75) is 6.92 Å². The topological polar surface area (TPSA) is 42.0 Å². The maximum atomic E-state index is 11.8. The molecule has 0 saturated carbocycles. The standard InChI is InChI=1S/C13H12N2O.ClH/c1-10-5-4-6-11(9-10)13(16)15-12-7-2-3-8-14-12;/h2-9H,1H3,(H,14,15,16);1H. The number of aromatic nitrogens is 1. The van der Waals surface area contributed by atoms with Crippen LogP contribution in [0.5, 0.6) is 0 Å². The zero-order chi connectivity index (χ0) is 11.4. The van der Waals surface area contributed by atoms with E-state index in [1.165, 1.54) is 0 Å². The third kappa shape index (κ3) is 3.57. The molecule has 0 aliphatic carbocycles. The summed E-state index contributed by atoms with van der Waals surface area (Å²) in [5, 5.41) is 2.74. The Morgan fingerprint density at radius 2 is 2.00 bits per heavy atom. The van der Waals surface area contributed by atoms with Crippen LogP contribution >= 0.6 is 12.4 Å². The molecule has 0 spiro atoms. The first-order chi connectivity index (χ1) is 7.75.